The zero-order chi connectivity index (χ0) is 35.6. The second-order valence-electron chi connectivity index (χ2n) is 12.6. The zero-order valence-corrected chi connectivity index (χ0v) is 27.6. The molecule has 0 bridgehead atoms. The van der Waals surface area contributed by atoms with E-state index >= 15 is 0 Å². The molecule has 3 heterocycles. The highest BCUT2D eigenvalue weighted by Crippen LogP contribution is 2.32. The maximum atomic E-state index is 12.7. The molecule has 50 heavy (non-hydrogen) atoms. The van der Waals surface area contributed by atoms with Crippen molar-refractivity contribution in [1.29, 1.82) is 0 Å². The number of ether oxygens (including phenoxy) is 2. The van der Waals surface area contributed by atoms with Crippen LogP contribution in [-0.2, 0) is 49.4 Å². The lowest BCUT2D eigenvalue weighted by molar-refractivity contribution is -0.138. The number of hydrogen-bond donors (Lipinski definition) is 2. The number of halogens is 6. The van der Waals surface area contributed by atoms with E-state index < -0.39 is 29.6 Å². The van der Waals surface area contributed by atoms with Gasteiger partial charge in [-0.25, -0.2) is 0 Å². The topological polar surface area (TPSA) is 57.3 Å². The molecule has 2 N–H and O–H groups in total. The number of rotatable bonds is 8. The first-order valence-electron chi connectivity index (χ1n) is 16.8. The van der Waals surface area contributed by atoms with Crippen molar-refractivity contribution in [3.05, 3.63) is 136 Å². The van der Waals surface area contributed by atoms with Gasteiger partial charge in [-0.1, -0.05) is 72.8 Å². The van der Waals surface area contributed by atoms with Crippen molar-refractivity contribution in [3.63, 3.8) is 0 Å². The Labute approximate surface area is 288 Å². The van der Waals surface area contributed by atoms with Gasteiger partial charge in [0.1, 0.15) is 18.5 Å². The second-order valence-corrected chi connectivity index (χ2v) is 12.6. The van der Waals surface area contributed by atoms with Crippen molar-refractivity contribution < 1.29 is 40.9 Å². The minimum Gasteiger partial charge on any atom is -0.491 e. The highest BCUT2D eigenvalue weighted by molar-refractivity contribution is 5.31. The summed E-state index contributed by atoms with van der Waals surface area (Å²) in [6.07, 6.45) is -5.58. The van der Waals surface area contributed by atoms with E-state index in [1.54, 1.807) is 6.07 Å². The van der Waals surface area contributed by atoms with Gasteiger partial charge in [0.15, 0.2) is 0 Å². The molecule has 11 heteroatoms. The predicted molar refractivity (Wildman–Crippen MR) is 180 cm³/mol. The number of aryl methyl sites for hydroxylation is 1. The zero-order valence-electron chi connectivity index (χ0n) is 27.6. The first-order valence-corrected chi connectivity index (χ1v) is 16.8. The molecule has 0 radical (unpaired) electrons. The summed E-state index contributed by atoms with van der Waals surface area (Å²) in [5.41, 5.74) is 4.95. The van der Waals surface area contributed by atoms with Crippen LogP contribution in [0.3, 0.4) is 0 Å². The fourth-order valence-corrected chi connectivity index (χ4v) is 5.90. The smallest absolute Gasteiger partial charge is 0.416 e. The maximum Gasteiger partial charge on any atom is 0.416 e. The largest absolute Gasteiger partial charge is 0.491 e. The number of fused-ring (bicyclic) bond motifs is 2. The van der Waals surface area contributed by atoms with E-state index in [4.69, 9.17) is 9.47 Å². The Balaban J connectivity index is 0.000000163. The van der Waals surface area contributed by atoms with Gasteiger partial charge >= 0.3 is 12.4 Å². The number of epoxide rings is 1. The van der Waals surface area contributed by atoms with Crippen molar-refractivity contribution in [2.24, 2.45) is 0 Å². The van der Waals surface area contributed by atoms with E-state index in [-0.39, 0.29) is 18.5 Å². The number of benzene rings is 4. The Morgan fingerprint density at radius 1 is 0.780 bits per heavy atom. The standard InChI is InChI=1S/C19H20F3NO2.C11H11F3O.C9H11N/c20-19(21,22)16-6-3-7-18(10-16)25-13-17(24)12-23-9-8-14-4-1-2-5-15(14)11-23;12-11(13,14)9-3-1-2-8(6-9)4-5-10-7-15-10;1-2-4-9-7-10-6-5-8(9)3-1/h1-7,10,17,24H,8-9,11-13H2;1-3,6,10H,4-5,7H2;1-4,10H,5-7H2. The molecule has 7 rings (SSSR count). The first kappa shape index (κ1) is 37.4. The molecule has 3 aliphatic heterocycles. The van der Waals surface area contributed by atoms with Crippen LogP contribution in [-0.4, -0.2) is 55.1 Å². The molecule has 1 saturated heterocycles. The number of aliphatic hydroxyl groups excluding tert-OH is 1. The average Bonchev–Trinajstić information content (AvgIpc) is 3.95. The molecular formula is C39H42F6N2O3. The second kappa shape index (κ2) is 17.4. The van der Waals surface area contributed by atoms with E-state index in [0.717, 1.165) is 69.4 Å². The van der Waals surface area contributed by atoms with Gasteiger partial charge in [-0.15, -0.1) is 0 Å². The van der Waals surface area contributed by atoms with Gasteiger partial charge in [0.05, 0.1) is 23.8 Å². The first-order chi connectivity index (χ1) is 23.9. The lowest BCUT2D eigenvalue weighted by atomic mass is 10.00. The predicted octanol–water partition coefficient (Wildman–Crippen LogP) is 7.87. The Hall–Kier alpha value is -3.90. The van der Waals surface area contributed by atoms with E-state index in [1.807, 2.05) is 12.1 Å². The number of nitrogens with one attached hydrogen (secondary N) is 1. The molecule has 4 aromatic carbocycles. The third kappa shape index (κ3) is 11.9. The third-order valence-electron chi connectivity index (χ3n) is 8.70. The van der Waals surface area contributed by atoms with Crippen LogP contribution in [0, 0.1) is 0 Å². The summed E-state index contributed by atoms with van der Waals surface area (Å²) in [5, 5.41) is 13.5. The van der Waals surface area contributed by atoms with Crippen molar-refractivity contribution in [1.82, 2.24) is 10.2 Å². The quantitative estimate of drug-likeness (QED) is 0.145. The molecule has 0 amide bonds. The molecule has 3 aliphatic rings. The van der Waals surface area contributed by atoms with Crippen LogP contribution < -0.4 is 10.1 Å². The van der Waals surface area contributed by atoms with Gasteiger partial charge in [-0.3, -0.25) is 4.90 Å². The Morgan fingerprint density at radius 2 is 1.40 bits per heavy atom. The fraction of sp³-hybridized carbons (Fsp3) is 0.385. The van der Waals surface area contributed by atoms with Crippen LogP contribution >= 0.6 is 0 Å². The molecule has 0 spiro atoms. The number of nitrogens with zero attached hydrogens (tertiary/aromatic N) is 1. The Kier molecular flexibility index (Phi) is 13.0. The monoisotopic (exact) mass is 700 g/mol. The normalized spacial score (nSPS) is 17.5. The maximum absolute atomic E-state index is 12.7. The molecule has 268 valence electrons. The van der Waals surface area contributed by atoms with Crippen molar-refractivity contribution in [3.8, 4) is 5.75 Å². The lowest BCUT2D eigenvalue weighted by Crippen LogP contribution is -2.38. The Bertz CT molecular complexity index is 1630. The van der Waals surface area contributed by atoms with Gasteiger partial charge in [0, 0.05) is 26.2 Å². The molecule has 0 aliphatic carbocycles. The molecule has 5 nitrogen and oxygen atoms in total. The van der Waals surface area contributed by atoms with Gasteiger partial charge in [-0.05, 0) is 84.3 Å². The van der Waals surface area contributed by atoms with E-state index in [0.29, 0.717) is 13.0 Å². The van der Waals surface area contributed by atoms with Crippen LogP contribution in [0.1, 0.15) is 45.4 Å². The summed E-state index contributed by atoms with van der Waals surface area (Å²) in [6, 6.07) is 27.0. The van der Waals surface area contributed by atoms with Crippen molar-refractivity contribution in [2.45, 2.75) is 63.3 Å². The lowest BCUT2D eigenvalue weighted by Gasteiger charge is -2.30. The summed E-state index contributed by atoms with van der Waals surface area (Å²) in [4.78, 5) is 2.13. The molecule has 4 aromatic rings. The van der Waals surface area contributed by atoms with Gasteiger partial charge < -0.3 is 19.9 Å². The van der Waals surface area contributed by atoms with Crippen LogP contribution in [0.5, 0.6) is 5.75 Å². The summed E-state index contributed by atoms with van der Waals surface area (Å²) in [7, 11) is 0. The van der Waals surface area contributed by atoms with E-state index in [1.165, 1.54) is 52.9 Å². The van der Waals surface area contributed by atoms with Crippen LogP contribution in [0.4, 0.5) is 26.3 Å². The SMILES string of the molecule is FC(F)(F)c1cccc(CCC2CO2)c1.OC(COc1cccc(C(F)(F)F)c1)CN1CCc2ccccc2C1.c1ccc2c(c1)CCNC2. The summed E-state index contributed by atoms with van der Waals surface area (Å²) >= 11 is 0. The number of β-amino-alcohol motifs (C(OH)–C–C–N with tert-alkyl or cyclic N) is 1. The third-order valence-corrected chi connectivity index (χ3v) is 8.70. The van der Waals surface area contributed by atoms with Gasteiger partial charge in [0.25, 0.3) is 0 Å². The van der Waals surface area contributed by atoms with Crippen LogP contribution in [0.25, 0.3) is 0 Å². The van der Waals surface area contributed by atoms with E-state index in [2.05, 4.69) is 46.6 Å². The average molecular weight is 701 g/mol. The molecule has 0 aromatic heterocycles. The van der Waals surface area contributed by atoms with Crippen LogP contribution in [0.15, 0.2) is 97.1 Å². The van der Waals surface area contributed by atoms with E-state index in [9.17, 15) is 31.4 Å². The van der Waals surface area contributed by atoms with Gasteiger partial charge in [-0.2, -0.15) is 26.3 Å². The van der Waals surface area contributed by atoms with Crippen LogP contribution in [0.2, 0.25) is 0 Å². The van der Waals surface area contributed by atoms with Crippen molar-refractivity contribution in [2.75, 3.05) is 32.8 Å². The number of aliphatic hydroxyl groups is 1. The molecule has 2 unspecified atom stereocenters. The summed E-state index contributed by atoms with van der Waals surface area (Å²) in [6.45, 7) is 4.92. The molecule has 0 saturated carbocycles. The van der Waals surface area contributed by atoms with Crippen molar-refractivity contribution >= 4 is 0 Å². The number of hydrogen-bond acceptors (Lipinski definition) is 5. The highest BCUT2D eigenvalue weighted by Gasteiger charge is 2.31. The summed E-state index contributed by atoms with van der Waals surface area (Å²) < 4.78 is 85.5. The summed E-state index contributed by atoms with van der Waals surface area (Å²) in [5.74, 6) is 0.109. The molecule has 1 fully saturated rings. The highest BCUT2D eigenvalue weighted by atomic mass is 19.4. The number of alkyl halides is 6. The minimum absolute atomic E-state index is 0.0422. The molecular weight excluding hydrogens is 658 g/mol. The minimum atomic E-state index is -4.40. The molecule has 2 atom stereocenters. The fourth-order valence-electron chi connectivity index (χ4n) is 5.90. The Morgan fingerprint density at radius 3 is 2.06 bits per heavy atom. The van der Waals surface area contributed by atoms with Gasteiger partial charge in [0.2, 0.25) is 0 Å².